The Kier molecular flexibility index (Phi) is 7.82. The summed E-state index contributed by atoms with van der Waals surface area (Å²) in [4.78, 5) is 39.3. The molecule has 1 aliphatic heterocycles. The topological polar surface area (TPSA) is 80.6 Å². The van der Waals surface area contributed by atoms with Crippen molar-refractivity contribution in [2.75, 3.05) is 11.5 Å². The number of carbonyl (C=O) groups excluding carboxylic acids is 3. The van der Waals surface area contributed by atoms with Crippen LogP contribution in [0.1, 0.15) is 37.4 Å². The second kappa shape index (κ2) is 11.0. The van der Waals surface area contributed by atoms with Crippen LogP contribution < -0.4 is 15.0 Å². The van der Waals surface area contributed by atoms with E-state index in [4.69, 9.17) is 27.9 Å². The number of anilines is 1. The molecule has 4 amide bonds. The fourth-order valence-corrected chi connectivity index (χ4v) is 4.17. The number of barbiturate groups is 1. The summed E-state index contributed by atoms with van der Waals surface area (Å²) in [6.45, 7) is 4.90. The molecule has 0 spiro atoms. The Morgan fingerprint density at radius 3 is 2.53 bits per heavy atom. The van der Waals surface area contributed by atoms with Crippen LogP contribution in [0.5, 0.6) is 5.75 Å². The molecule has 0 radical (unpaired) electrons. The number of halogens is 2. The van der Waals surface area contributed by atoms with Crippen LogP contribution in [0, 0.1) is 0 Å². The number of nitrogens with zero attached hydrogens (tertiary/aromatic N) is 2. The Labute approximate surface area is 219 Å². The highest BCUT2D eigenvalue weighted by atomic mass is 35.5. The summed E-state index contributed by atoms with van der Waals surface area (Å²) in [6, 6.07) is 15.0. The van der Waals surface area contributed by atoms with Crippen molar-refractivity contribution in [1.82, 2.24) is 9.88 Å². The number of benzene rings is 2. The van der Waals surface area contributed by atoms with Crippen molar-refractivity contribution in [3.05, 3.63) is 87.7 Å². The number of urea groups is 1. The van der Waals surface area contributed by atoms with Crippen LogP contribution in [0.15, 0.2) is 66.4 Å². The Bertz CT molecular complexity index is 1330. The van der Waals surface area contributed by atoms with Crippen LogP contribution in [-0.2, 0) is 16.1 Å². The minimum Gasteiger partial charge on any atom is -0.490 e. The number of nitrogens with one attached hydrogen (secondary N) is 1. The molecule has 1 fully saturated rings. The quantitative estimate of drug-likeness (QED) is 0.286. The smallest absolute Gasteiger partial charge is 0.335 e. The first-order chi connectivity index (χ1) is 17.3. The first-order valence-electron chi connectivity index (χ1n) is 11.5. The van der Waals surface area contributed by atoms with Gasteiger partial charge in [-0.05, 0) is 60.4 Å². The lowest BCUT2D eigenvalue weighted by atomic mass is 9.98. The molecule has 3 aromatic rings. The number of hydrogen-bond donors (Lipinski definition) is 1. The summed E-state index contributed by atoms with van der Waals surface area (Å²) in [5, 5.41) is 3.22. The predicted octanol–water partition coefficient (Wildman–Crippen LogP) is 6.05. The van der Waals surface area contributed by atoms with Crippen LogP contribution in [0.25, 0.3) is 6.08 Å². The van der Waals surface area contributed by atoms with E-state index in [9.17, 15) is 14.4 Å². The van der Waals surface area contributed by atoms with E-state index >= 15 is 0 Å². The lowest BCUT2D eigenvalue weighted by Crippen LogP contribution is -2.54. The van der Waals surface area contributed by atoms with Crippen molar-refractivity contribution >= 4 is 52.8 Å². The van der Waals surface area contributed by atoms with Gasteiger partial charge in [0.15, 0.2) is 0 Å². The van der Waals surface area contributed by atoms with Gasteiger partial charge in [0.2, 0.25) is 0 Å². The Hall–Kier alpha value is -3.55. The molecule has 0 bridgehead atoms. The lowest BCUT2D eigenvalue weighted by Gasteiger charge is -2.26. The maximum Gasteiger partial charge on any atom is 0.335 e. The van der Waals surface area contributed by atoms with Gasteiger partial charge in [0.05, 0.1) is 17.3 Å². The van der Waals surface area contributed by atoms with Crippen molar-refractivity contribution in [2.24, 2.45) is 0 Å². The van der Waals surface area contributed by atoms with E-state index in [2.05, 4.69) is 19.2 Å². The Balaban J connectivity index is 1.52. The van der Waals surface area contributed by atoms with E-state index in [1.807, 2.05) is 16.7 Å². The molecule has 1 aliphatic rings. The molecule has 1 N–H and O–H groups in total. The third-order valence-electron chi connectivity index (χ3n) is 6.07. The highest BCUT2D eigenvalue weighted by Gasteiger charge is 2.37. The minimum atomic E-state index is -0.777. The number of imide groups is 2. The van der Waals surface area contributed by atoms with Gasteiger partial charge in [0.25, 0.3) is 11.8 Å². The molecule has 0 saturated carbocycles. The summed E-state index contributed by atoms with van der Waals surface area (Å²) in [7, 11) is 0. The van der Waals surface area contributed by atoms with E-state index in [1.54, 1.807) is 48.7 Å². The highest BCUT2D eigenvalue weighted by molar-refractivity contribution is 6.39. The monoisotopic (exact) mass is 525 g/mol. The second-order valence-electron chi connectivity index (χ2n) is 8.41. The molecule has 186 valence electrons. The van der Waals surface area contributed by atoms with E-state index < -0.39 is 17.8 Å². The molecule has 2 heterocycles. The number of rotatable bonds is 8. The van der Waals surface area contributed by atoms with Gasteiger partial charge in [-0.1, -0.05) is 49.2 Å². The molecule has 1 aromatic heterocycles. The summed E-state index contributed by atoms with van der Waals surface area (Å²) in [5.74, 6) is -0.609. The van der Waals surface area contributed by atoms with Crippen LogP contribution in [0.2, 0.25) is 10.0 Å². The zero-order chi connectivity index (χ0) is 25.8. The van der Waals surface area contributed by atoms with Crippen molar-refractivity contribution in [1.29, 1.82) is 0 Å². The van der Waals surface area contributed by atoms with Gasteiger partial charge in [-0.15, -0.1) is 0 Å². The summed E-state index contributed by atoms with van der Waals surface area (Å²) in [6.07, 6.45) is 4.24. The van der Waals surface area contributed by atoms with E-state index in [0.717, 1.165) is 16.9 Å². The zero-order valence-electron chi connectivity index (χ0n) is 19.8. The predicted molar refractivity (Wildman–Crippen MR) is 141 cm³/mol. The third-order valence-corrected chi connectivity index (χ3v) is 6.62. The number of hydrogen-bond acceptors (Lipinski definition) is 4. The number of ether oxygens (including phenoxy) is 1. The number of carbonyl (C=O) groups is 3. The molecule has 0 aliphatic carbocycles. The van der Waals surface area contributed by atoms with Crippen molar-refractivity contribution < 1.29 is 19.1 Å². The highest BCUT2D eigenvalue weighted by Crippen LogP contribution is 2.28. The first-order valence-corrected chi connectivity index (χ1v) is 12.3. The molecule has 4 rings (SSSR count). The van der Waals surface area contributed by atoms with E-state index in [-0.39, 0.29) is 12.2 Å². The lowest BCUT2D eigenvalue weighted by molar-refractivity contribution is -0.122. The van der Waals surface area contributed by atoms with Crippen molar-refractivity contribution in [3.63, 3.8) is 0 Å². The third kappa shape index (κ3) is 5.48. The molecular weight excluding hydrogens is 501 g/mol. The van der Waals surface area contributed by atoms with Crippen LogP contribution in [-0.4, -0.2) is 29.0 Å². The Morgan fingerprint density at radius 2 is 1.81 bits per heavy atom. The van der Waals surface area contributed by atoms with Crippen molar-refractivity contribution in [3.8, 4) is 5.75 Å². The van der Waals surface area contributed by atoms with Gasteiger partial charge < -0.3 is 9.30 Å². The summed E-state index contributed by atoms with van der Waals surface area (Å²) < 4.78 is 7.57. The normalized spacial score (nSPS) is 15.8. The second-order valence-corrected chi connectivity index (χ2v) is 9.25. The fraction of sp³-hybridized carbons (Fsp3) is 0.222. The zero-order valence-corrected chi connectivity index (χ0v) is 21.3. The number of aromatic nitrogens is 1. The molecule has 1 unspecified atom stereocenters. The Morgan fingerprint density at radius 1 is 1.06 bits per heavy atom. The molecule has 7 nitrogen and oxygen atoms in total. The van der Waals surface area contributed by atoms with Crippen molar-refractivity contribution in [2.45, 2.75) is 32.7 Å². The van der Waals surface area contributed by atoms with Crippen LogP contribution >= 0.6 is 23.2 Å². The molecular formula is C27H25Cl2N3O4. The maximum atomic E-state index is 13.2. The molecule has 1 atom stereocenters. The minimum absolute atomic E-state index is 0.139. The summed E-state index contributed by atoms with van der Waals surface area (Å²) in [5.41, 5.74) is 1.97. The molecule has 36 heavy (non-hydrogen) atoms. The van der Waals surface area contributed by atoms with Crippen LogP contribution in [0.4, 0.5) is 10.5 Å². The van der Waals surface area contributed by atoms with Gasteiger partial charge >= 0.3 is 6.03 Å². The van der Waals surface area contributed by atoms with E-state index in [1.165, 1.54) is 6.08 Å². The standard InChI is InChI=1S/C27H25Cl2N3O4/c1-3-17(2)18-6-9-20(10-7-18)32-26(34)22(25(33)30-27(32)35)16-21-5-4-12-31(21)13-14-36-24-15-19(28)8-11-23(24)29/h4-12,15-17H,3,13-14H2,1-2H3,(H,30,33,35)/b22-16+. The van der Waals surface area contributed by atoms with Crippen LogP contribution in [0.3, 0.4) is 0 Å². The largest absolute Gasteiger partial charge is 0.490 e. The van der Waals surface area contributed by atoms with E-state index in [0.29, 0.717) is 39.6 Å². The first kappa shape index (κ1) is 25.5. The van der Waals surface area contributed by atoms with Gasteiger partial charge in [0, 0.05) is 23.0 Å². The van der Waals surface area contributed by atoms with Gasteiger partial charge in [-0.2, -0.15) is 0 Å². The SMILES string of the molecule is CCC(C)c1ccc(N2C(=O)NC(=O)/C(=C\c3cccn3CCOc3cc(Cl)ccc3Cl)C2=O)cc1. The molecule has 1 saturated heterocycles. The van der Waals surface area contributed by atoms with Gasteiger partial charge in [-0.3, -0.25) is 14.9 Å². The maximum absolute atomic E-state index is 13.2. The molecule has 9 heteroatoms. The van der Waals surface area contributed by atoms with Gasteiger partial charge in [-0.25, -0.2) is 9.69 Å². The average Bonchev–Trinajstić information content (AvgIpc) is 3.30. The average molecular weight is 526 g/mol. The number of amides is 4. The fourth-order valence-electron chi connectivity index (χ4n) is 3.83. The van der Waals surface area contributed by atoms with Gasteiger partial charge in [0.1, 0.15) is 17.9 Å². The molecule has 2 aromatic carbocycles. The summed E-state index contributed by atoms with van der Waals surface area (Å²) >= 11 is 12.1.